The average molecular weight is 363 g/mol. The molecular weight excluding hydrogens is 346 g/mol. The number of nitrogens with one attached hydrogen (secondary N) is 1. The zero-order valence-electron chi connectivity index (χ0n) is 12.9. The summed E-state index contributed by atoms with van der Waals surface area (Å²) in [4.78, 5) is 1.33. The van der Waals surface area contributed by atoms with E-state index < -0.39 is 10.0 Å². The highest BCUT2D eigenvalue weighted by Crippen LogP contribution is 2.37. The summed E-state index contributed by atoms with van der Waals surface area (Å²) in [6, 6.07) is 12.5. The van der Waals surface area contributed by atoms with Gasteiger partial charge in [-0.15, -0.1) is 11.8 Å². The molecule has 0 fully saturated rings. The molecule has 4 rings (SSSR count). The zero-order valence-corrected chi connectivity index (χ0v) is 14.5. The second kappa shape index (κ2) is 6.31. The Hall–Kier alpha value is -1.70. The number of rotatable bonds is 3. The van der Waals surface area contributed by atoms with E-state index in [4.69, 9.17) is 9.47 Å². The minimum absolute atomic E-state index is 0.197. The number of benzene rings is 2. The first-order chi connectivity index (χ1) is 11.6. The van der Waals surface area contributed by atoms with Gasteiger partial charge >= 0.3 is 0 Å². The Balaban J connectivity index is 1.62. The Morgan fingerprint density at radius 3 is 2.71 bits per heavy atom. The molecule has 2 aliphatic heterocycles. The lowest BCUT2D eigenvalue weighted by Crippen LogP contribution is -2.30. The van der Waals surface area contributed by atoms with Crippen LogP contribution in [0.25, 0.3) is 0 Å². The lowest BCUT2D eigenvalue weighted by Gasteiger charge is -2.26. The molecule has 2 aromatic rings. The Labute approximate surface area is 145 Å². The standard InChI is InChI=1S/C17H17NO4S2/c19-24(20,12-5-6-15-16(11-12)22-9-8-21-15)18-14-7-10-23-17-4-2-1-3-13(14)17/h1-6,11,14,18H,7-10H2/t14-/m1/s1. The van der Waals surface area contributed by atoms with Crippen LogP contribution in [0, 0.1) is 0 Å². The van der Waals surface area contributed by atoms with Crippen LogP contribution in [0.2, 0.25) is 0 Å². The summed E-state index contributed by atoms with van der Waals surface area (Å²) in [6.07, 6.45) is 0.769. The molecule has 0 bridgehead atoms. The van der Waals surface area contributed by atoms with Crippen molar-refractivity contribution in [2.24, 2.45) is 0 Å². The molecule has 24 heavy (non-hydrogen) atoms. The van der Waals surface area contributed by atoms with Crippen LogP contribution in [-0.2, 0) is 10.0 Å². The molecule has 0 unspecified atom stereocenters. The third-order valence-corrected chi connectivity index (χ3v) is 6.67. The third kappa shape index (κ3) is 2.99. The number of hydrogen-bond acceptors (Lipinski definition) is 5. The Bertz CT molecular complexity index is 867. The average Bonchev–Trinajstić information content (AvgIpc) is 2.61. The van der Waals surface area contributed by atoms with Crippen LogP contribution in [0.1, 0.15) is 18.0 Å². The maximum atomic E-state index is 12.8. The molecule has 0 aliphatic carbocycles. The van der Waals surface area contributed by atoms with Crippen LogP contribution in [0.5, 0.6) is 11.5 Å². The first-order valence-electron chi connectivity index (χ1n) is 7.77. The van der Waals surface area contributed by atoms with E-state index in [0.29, 0.717) is 24.7 Å². The SMILES string of the molecule is O=S(=O)(N[C@@H]1CCSc2ccccc21)c1ccc2c(c1)OCCO2. The van der Waals surface area contributed by atoms with Gasteiger partial charge in [-0.05, 0) is 35.9 Å². The summed E-state index contributed by atoms with van der Waals surface area (Å²) < 4.78 is 39.3. The molecule has 0 radical (unpaired) electrons. The van der Waals surface area contributed by atoms with Gasteiger partial charge in [-0.1, -0.05) is 18.2 Å². The van der Waals surface area contributed by atoms with Crippen molar-refractivity contribution in [3.8, 4) is 11.5 Å². The van der Waals surface area contributed by atoms with Crippen molar-refractivity contribution in [3.05, 3.63) is 48.0 Å². The Morgan fingerprint density at radius 2 is 1.83 bits per heavy atom. The van der Waals surface area contributed by atoms with Gasteiger partial charge in [-0.25, -0.2) is 13.1 Å². The van der Waals surface area contributed by atoms with Crippen molar-refractivity contribution in [1.29, 1.82) is 0 Å². The summed E-state index contributed by atoms with van der Waals surface area (Å²) >= 11 is 1.76. The van der Waals surface area contributed by atoms with Crippen LogP contribution in [0.4, 0.5) is 0 Å². The van der Waals surface area contributed by atoms with Crippen molar-refractivity contribution in [1.82, 2.24) is 4.72 Å². The molecule has 2 aromatic carbocycles. The fourth-order valence-electron chi connectivity index (χ4n) is 2.91. The molecule has 1 atom stereocenters. The lowest BCUT2D eigenvalue weighted by molar-refractivity contribution is 0.171. The second-order valence-electron chi connectivity index (χ2n) is 5.65. The van der Waals surface area contributed by atoms with Crippen molar-refractivity contribution in [3.63, 3.8) is 0 Å². The number of fused-ring (bicyclic) bond motifs is 2. The van der Waals surface area contributed by atoms with Crippen molar-refractivity contribution < 1.29 is 17.9 Å². The van der Waals surface area contributed by atoms with Crippen LogP contribution < -0.4 is 14.2 Å². The zero-order chi connectivity index (χ0) is 16.6. The van der Waals surface area contributed by atoms with Crippen molar-refractivity contribution in [2.75, 3.05) is 19.0 Å². The highest BCUT2D eigenvalue weighted by atomic mass is 32.2. The Kier molecular flexibility index (Phi) is 4.15. The molecule has 0 spiro atoms. The molecule has 1 N–H and O–H groups in total. The fraction of sp³-hybridized carbons (Fsp3) is 0.294. The van der Waals surface area contributed by atoms with Crippen molar-refractivity contribution >= 4 is 21.8 Å². The van der Waals surface area contributed by atoms with Gasteiger partial charge in [0, 0.05) is 17.0 Å². The van der Waals surface area contributed by atoms with Crippen LogP contribution in [0.3, 0.4) is 0 Å². The van der Waals surface area contributed by atoms with E-state index in [1.165, 1.54) is 6.07 Å². The number of ether oxygens (including phenoxy) is 2. The minimum Gasteiger partial charge on any atom is -0.486 e. The van der Waals surface area contributed by atoms with E-state index in [2.05, 4.69) is 4.72 Å². The van der Waals surface area contributed by atoms with Crippen LogP contribution in [0.15, 0.2) is 52.3 Å². The van der Waals surface area contributed by atoms with Crippen LogP contribution in [-0.4, -0.2) is 27.4 Å². The van der Waals surface area contributed by atoms with E-state index in [0.717, 1.165) is 22.6 Å². The first-order valence-corrected chi connectivity index (χ1v) is 10.2. The Morgan fingerprint density at radius 1 is 1.04 bits per heavy atom. The summed E-state index contributed by atoms with van der Waals surface area (Å²) in [5, 5.41) is 0. The third-order valence-electron chi connectivity index (χ3n) is 4.08. The largest absolute Gasteiger partial charge is 0.486 e. The molecule has 5 nitrogen and oxygen atoms in total. The van der Waals surface area contributed by atoms with Crippen molar-refractivity contribution in [2.45, 2.75) is 22.3 Å². The molecule has 0 saturated carbocycles. The molecule has 126 valence electrons. The summed E-state index contributed by atoms with van der Waals surface area (Å²) in [7, 11) is -3.63. The van der Waals surface area contributed by atoms with Gasteiger partial charge in [0.1, 0.15) is 13.2 Å². The summed E-state index contributed by atoms with van der Waals surface area (Å²) in [5.41, 5.74) is 1.04. The highest BCUT2D eigenvalue weighted by molar-refractivity contribution is 7.99. The van der Waals surface area contributed by atoms with Gasteiger partial charge in [-0.2, -0.15) is 0 Å². The van der Waals surface area contributed by atoms with Gasteiger partial charge < -0.3 is 9.47 Å². The second-order valence-corrected chi connectivity index (χ2v) is 8.51. The highest BCUT2D eigenvalue weighted by Gasteiger charge is 2.27. The molecular formula is C17H17NO4S2. The molecule has 0 aromatic heterocycles. The first kappa shape index (κ1) is 15.8. The monoisotopic (exact) mass is 363 g/mol. The van der Waals surface area contributed by atoms with Gasteiger partial charge in [0.05, 0.1) is 4.90 Å². The molecule has 7 heteroatoms. The maximum Gasteiger partial charge on any atom is 0.241 e. The van der Waals surface area contributed by atoms with E-state index in [9.17, 15) is 8.42 Å². The van der Waals surface area contributed by atoms with E-state index in [1.54, 1.807) is 23.9 Å². The quantitative estimate of drug-likeness (QED) is 0.908. The summed E-state index contributed by atoms with van der Waals surface area (Å²) in [5.74, 6) is 1.95. The fourth-order valence-corrected chi connectivity index (χ4v) is 5.30. The van der Waals surface area contributed by atoms with E-state index in [-0.39, 0.29) is 10.9 Å². The number of thioether (sulfide) groups is 1. The predicted octanol–water partition coefficient (Wildman–Crippen LogP) is 2.97. The molecule has 2 aliphatic rings. The summed E-state index contributed by atoms with van der Waals surface area (Å²) in [6.45, 7) is 0.908. The molecule has 0 saturated heterocycles. The topological polar surface area (TPSA) is 64.6 Å². The van der Waals surface area contributed by atoms with Crippen LogP contribution >= 0.6 is 11.8 Å². The predicted molar refractivity (Wildman–Crippen MR) is 92.3 cm³/mol. The van der Waals surface area contributed by atoms with Gasteiger partial charge in [0.15, 0.2) is 11.5 Å². The van der Waals surface area contributed by atoms with Gasteiger partial charge in [0.25, 0.3) is 0 Å². The lowest BCUT2D eigenvalue weighted by atomic mass is 10.1. The minimum atomic E-state index is -3.63. The number of sulfonamides is 1. The normalized spacial score (nSPS) is 19.6. The number of hydrogen-bond donors (Lipinski definition) is 1. The van der Waals surface area contributed by atoms with E-state index in [1.807, 2.05) is 24.3 Å². The maximum absolute atomic E-state index is 12.8. The van der Waals surface area contributed by atoms with Gasteiger partial charge in [0.2, 0.25) is 10.0 Å². The van der Waals surface area contributed by atoms with Gasteiger partial charge in [-0.3, -0.25) is 0 Å². The van der Waals surface area contributed by atoms with E-state index >= 15 is 0 Å². The molecule has 2 heterocycles. The molecule has 0 amide bonds. The smallest absolute Gasteiger partial charge is 0.241 e.